The first-order chi connectivity index (χ1) is 9.08. The Morgan fingerprint density at radius 2 is 2.05 bits per heavy atom. The fraction of sp³-hybridized carbons (Fsp3) is 0.714. The van der Waals surface area contributed by atoms with Gasteiger partial charge in [0.15, 0.2) is 0 Å². The standard InChI is InChI=1S/C14H23N3O2/c1-10-12(9-17(2)16-10)13(14(18)19)15-11-7-5-3-4-6-8-11/h9,11,13,15H,3-8H2,1-2H3,(H,18,19). The SMILES string of the molecule is Cc1nn(C)cc1C(NC1CCCCCC1)C(=O)O. The minimum absolute atomic E-state index is 0.309. The Bertz CT molecular complexity index is 434. The predicted octanol–water partition coefficient (Wildman–Crippen LogP) is 2.17. The number of aliphatic carboxylic acids is 1. The third kappa shape index (κ3) is 3.56. The molecule has 1 heterocycles. The van der Waals surface area contributed by atoms with E-state index in [0.29, 0.717) is 6.04 Å². The lowest BCUT2D eigenvalue weighted by molar-refractivity contribution is -0.140. The number of aromatic nitrogens is 2. The highest BCUT2D eigenvalue weighted by Gasteiger charge is 2.26. The van der Waals surface area contributed by atoms with Crippen molar-refractivity contribution in [2.24, 2.45) is 7.05 Å². The molecule has 5 heteroatoms. The lowest BCUT2D eigenvalue weighted by atomic mass is 10.0. The maximum absolute atomic E-state index is 11.5. The molecule has 0 saturated heterocycles. The van der Waals surface area contributed by atoms with Crippen LogP contribution in [0.15, 0.2) is 6.20 Å². The number of nitrogens with one attached hydrogen (secondary N) is 1. The van der Waals surface area contributed by atoms with Crippen molar-refractivity contribution in [2.45, 2.75) is 57.5 Å². The Hall–Kier alpha value is -1.36. The van der Waals surface area contributed by atoms with Gasteiger partial charge in [0.2, 0.25) is 0 Å². The third-order valence-electron chi connectivity index (χ3n) is 3.87. The van der Waals surface area contributed by atoms with Gasteiger partial charge in [-0.15, -0.1) is 0 Å². The maximum Gasteiger partial charge on any atom is 0.325 e. The summed E-state index contributed by atoms with van der Waals surface area (Å²) in [5.74, 6) is -0.819. The second-order valence-corrected chi connectivity index (χ2v) is 5.47. The molecule has 1 aromatic heterocycles. The molecule has 0 aliphatic heterocycles. The topological polar surface area (TPSA) is 67.2 Å². The van der Waals surface area contributed by atoms with Gasteiger partial charge >= 0.3 is 5.97 Å². The third-order valence-corrected chi connectivity index (χ3v) is 3.87. The lowest BCUT2D eigenvalue weighted by Crippen LogP contribution is -2.37. The van der Waals surface area contributed by atoms with E-state index in [1.54, 1.807) is 10.9 Å². The molecule has 1 aliphatic rings. The van der Waals surface area contributed by atoms with Crippen molar-refractivity contribution in [3.8, 4) is 0 Å². The molecule has 1 fully saturated rings. The largest absolute Gasteiger partial charge is 0.480 e. The number of hydrogen-bond donors (Lipinski definition) is 2. The van der Waals surface area contributed by atoms with Gasteiger partial charge in [0, 0.05) is 24.8 Å². The van der Waals surface area contributed by atoms with Crippen LogP contribution in [0, 0.1) is 6.92 Å². The molecule has 1 aliphatic carbocycles. The maximum atomic E-state index is 11.5. The van der Waals surface area contributed by atoms with E-state index in [2.05, 4.69) is 10.4 Å². The Labute approximate surface area is 114 Å². The molecule has 19 heavy (non-hydrogen) atoms. The van der Waals surface area contributed by atoms with E-state index in [1.165, 1.54) is 25.7 Å². The molecule has 0 bridgehead atoms. The van der Waals surface area contributed by atoms with Gasteiger partial charge in [-0.25, -0.2) is 0 Å². The van der Waals surface area contributed by atoms with E-state index in [-0.39, 0.29) is 0 Å². The molecule has 1 aromatic rings. The highest BCUT2D eigenvalue weighted by Crippen LogP contribution is 2.22. The summed E-state index contributed by atoms with van der Waals surface area (Å²) in [7, 11) is 1.82. The van der Waals surface area contributed by atoms with Gasteiger partial charge in [-0.3, -0.25) is 14.8 Å². The van der Waals surface area contributed by atoms with Crippen molar-refractivity contribution >= 4 is 5.97 Å². The molecular formula is C14H23N3O2. The predicted molar refractivity (Wildman–Crippen MR) is 72.9 cm³/mol. The Morgan fingerprint density at radius 1 is 1.42 bits per heavy atom. The van der Waals surface area contributed by atoms with Crippen LogP contribution in [-0.4, -0.2) is 26.9 Å². The fourth-order valence-electron chi connectivity index (χ4n) is 2.88. The summed E-state index contributed by atoms with van der Waals surface area (Å²) in [6, 6.07) is -0.333. The summed E-state index contributed by atoms with van der Waals surface area (Å²) in [6.07, 6.45) is 8.86. The van der Waals surface area contributed by atoms with Gasteiger partial charge in [-0.05, 0) is 19.8 Å². The van der Waals surface area contributed by atoms with E-state index >= 15 is 0 Å². The molecule has 106 valence electrons. The summed E-state index contributed by atoms with van der Waals surface area (Å²) in [5.41, 5.74) is 1.57. The normalized spacial score (nSPS) is 19.1. The number of carbonyl (C=O) groups is 1. The van der Waals surface area contributed by atoms with E-state index in [4.69, 9.17) is 0 Å². The molecule has 1 atom stereocenters. The van der Waals surface area contributed by atoms with Crippen LogP contribution in [-0.2, 0) is 11.8 Å². The van der Waals surface area contributed by atoms with Crippen LogP contribution in [0.2, 0.25) is 0 Å². The number of carboxylic acids is 1. The van der Waals surface area contributed by atoms with Crippen molar-refractivity contribution in [2.75, 3.05) is 0 Å². The molecule has 0 spiro atoms. The van der Waals surface area contributed by atoms with Gasteiger partial charge < -0.3 is 5.11 Å². The van der Waals surface area contributed by atoms with Gasteiger partial charge in [-0.1, -0.05) is 25.7 Å². The molecule has 1 saturated carbocycles. The Balaban J connectivity index is 2.11. The zero-order valence-corrected chi connectivity index (χ0v) is 11.7. The first-order valence-corrected chi connectivity index (χ1v) is 7.07. The first-order valence-electron chi connectivity index (χ1n) is 7.07. The second-order valence-electron chi connectivity index (χ2n) is 5.47. The van der Waals surface area contributed by atoms with Gasteiger partial charge in [0.25, 0.3) is 0 Å². The average molecular weight is 265 g/mol. The fourth-order valence-corrected chi connectivity index (χ4v) is 2.88. The summed E-state index contributed by atoms with van der Waals surface area (Å²) in [4.78, 5) is 11.5. The first kappa shape index (κ1) is 14.1. The van der Waals surface area contributed by atoms with Crippen LogP contribution in [0.1, 0.15) is 55.8 Å². The van der Waals surface area contributed by atoms with Gasteiger partial charge in [0.1, 0.15) is 6.04 Å². The summed E-state index contributed by atoms with van der Waals surface area (Å²) < 4.78 is 1.68. The second kappa shape index (κ2) is 6.19. The summed E-state index contributed by atoms with van der Waals surface area (Å²) >= 11 is 0. The molecule has 0 aromatic carbocycles. The molecule has 2 rings (SSSR count). The van der Waals surface area contributed by atoms with Crippen molar-refractivity contribution in [3.05, 3.63) is 17.5 Å². The van der Waals surface area contributed by atoms with Crippen molar-refractivity contribution in [1.82, 2.24) is 15.1 Å². The highest BCUT2D eigenvalue weighted by atomic mass is 16.4. The Kier molecular flexibility index (Phi) is 4.58. The minimum Gasteiger partial charge on any atom is -0.480 e. The summed E-state index contributed by atoms with van der Waals surface area (Å²) in [5, 5.41) is 17.0. The molecule has 0 radical (unpaired) electrons. The number of rotatable bonds is 4. The van der Waals surface area contributed by atoms with E-state index in [1.807, 2.05) is 14.0 Å². The van der Waals surface area contributed by atoms with Crippen molar-refractivity contribution in [1.29, 1.82) is 0 Å². The zero-order chi connectivity index (χ0) is 13.8. The Morgan fingerprint density at radius 3 is 2.53 bits per heavy atom. The zero-order valence-electron chi connectivity index (χ0n) is 11.7. The van der Waals surface area contributed by atoms with Crippen LogP contribution >= 0.6 is 0 Å². The molecule has 2 N–H and O–H groups in total. The van der Waals surface area contributed by atoms with E-state index < -0.39 is 12.0 Å². The molecule has 0 amide bonds. The van der Waals surface area contributed by atoms with Crippen molar-refractivity contribution in [3.63, 3.8) is 0 Å². The van der Waals surface area contributed by atoms with Gasteiger partial charge in [-0.2, -0.15) is 5.10 Å². The lowest BCUT2D eigenvalue weighted by Gasteiger charge is -2.21. The number of hydrogen-bond acceptors (Lipinski definition) is 3. The summed E-state index contributed by atoms with van der Waals surface area (Å²) in [6.45, 7) is 1.86. The molecule has 1 unspecified atom stereocenters. The van der Waals surface area contributed by atoms with Crippen molar-refractivity contribution < 1.29 is 9.90 Å². The van der Waals surface area contributed by atoms with Crippen LogP contribution < -0.4 is 5.32 Å². The van der Waals surface area contributed by atoms with E-state index in [9.17, 15) is 9.90 Å². The highest BCUT2D eigenvalue weighted by molar-refractivity contribution is 5.75. The van der Waals surface area contributed by atoms with Crippen LogP contribution in [0.4, 0.5) is 0 Å². The average Bonchev–Trinajstić information content (AvgIpc) is 2.56. The van der Waals surface area contributed by atoms with Crippen LogP contribution in [0.25, 0.3) is 0 Å². The number of nitrogens with zero attached hydrogens (tertiary/aromatic N) is 2. The number of carboxylic acid groups (broad SMARTS) is 1. The smallest absolute Gasteiger partial charge is 0.325 e. The monoisotopic (exact) mass is 265 g/mol. The van der Waals surface area contributed by atoms with E-state index in [0.717, 1.165) is 24.1 Å². The minimum atomic E-state index is -0.819. The van der Waals surface area contributed by atoms with Crippen LogP contribution in [0.3, 0.4) is 0 Å². The van der Waals surface area contributed by atoms with Gasteiger partial charge in [0.05, 0.1) is 5.69 Å². The quantitative estimate of drug-likeness (QED) is 0.819. The molecule has 5 nitrogen and oxygen atoms in total. The number of aryl methyl sites for hydroxylation is 2. The molecular weight excluding hydrogens is 242 g/mol. The van der Waals surface area contributed by atoms with Crippen LogP contribution in [0.5, 0.6) is 0 Å².